The van der Waals surface area contributed by atoms with Crippen molar-refractivity contribution in [2.45, 2.75) is 6.54 Å². The fourth-order valence-corrected chi connectivity index (χ4v) is 2.86. The summed E-state index contributed by atoms with van der Waals surface area (Å²) in [7, 11) is 0. The zero-order valence-electron chi connectivity index (χ0n) is 11.4. The van der Waals surface area contributed by atoms with Gasteiger partial charge in [-0.3, -0.25) is 4.79 Å². The number of rotatable bonds is 2. The van der Waals surface area contributed by atoms with Gasteiger partial charge in [-0.05, 0) is 30.3 Å². The summed E-state index contributed by atoms with van der Waals surface area (Å²) in [6.45, 7) is 0.115. The molecule has 0 saturated heterocycles. The lowest BCUT2D eigenvalue weighted by molar-refractivity contribution is 0.599. The Balaban J connectivity index is 2.16. The van der Waals surface area contributed by atoms with Crippen LogP contribution in [-0.4, -0.2) is 4.57 Å². The molecule has 0 bridgehead atoms. The minimum Gasteiger partial charge on any atom is -0.304 e. The molecule has 5 heteroatoms. The SMILES string of the molecule is N#Cc1ccc(Cn2c(=O)ccc3c(Br)cccc32)c(F)c1. The maximum absolute atomic E-state index is 14.1. The fourth-order valence-electron chi connectivity index (χ4n) is 2.37. The van der Waals surface area contributed by atoms with E-state index in [-0.39, 0.29) is 17.7 Å². The molecule has 0 aliphatic carbocycles. The van der Waals surface area contributed by atoms with E-state index in [1.54, 1.807) is 12.1 Å². The van der Waals surface area contributed by atoms with E-state index >= 15 is 0 Å². The molecule has 2 aromatic carbocycles. The van der Waals surface area contributed by atoms with Crippen molar-refractivity contribution >= 4 is 26.8 Å². The predicted molar refractivity (Wildman–Crippen MR) is 86.1 cm³/mol. The van der Waals surface area contributed by atoms with Crippen molar-refractivity contribution in [3.05, 3.63) is 80.3 Å². The Kier molecular flexibility index (Phi) is 3.78. The van der Waals surface area contributed by atoms with Crippen molar-refractivity contribution in [3.63, 3.8) is 0 Å². The van der Waals surface area contributed by atoms with E-state index in [0.29, 0.717) is 5.56 Å². The van der Waals surface area contributed by atoms with Gasteiger partial charge in [-0.2, -0.15) is 5.26 Å². The number of nitriles is 1. The molecule has 0 amide bonds. The lowest BCUT2D eigenvalue weighted by atomic mass is 10.1. The summed E-state index contributed by atoms with van der Waals surface area (Å²) in [4.78, 5) is 12.2. The number of benzene rings is 2. The summed E-state index contributed by atoms with van der Waals surface area (Å²) in [6, 6.07) is 14.9. The highest BCUT2D eigenvalue weighted by molar-refractivity contribution is 9.10. The van der Waals surface area contributed by atoms with Crippen molar-refractivity contribution in [1.82, 2.24) is 4.57 Å². The van der Waals surface area contributed by atoms with Crippen LogP contribution in [0.25, 0.3) is 10.9 Å². The van der Waals surface area contributed by atoms with Gasteiger partial charge in [-0.1, -0.05) is 28.1 Å². The second-order valence-corrected chi connectivity index (χ2v) is 5.70. The average molecular weight is 357 g/mol. The van der Waals surface area contributed by atoms with E-state index in [0.717, 1.165) is 15.4 Å². The molecule has 1 heterocycles. The first-order valence-corrected chi connectivity index (χ1v) is 7.36. The minimum absolute atomic E-state index is 0.115. The van der Waals surface area contributed by atoms with Crippen molar-refractivity contribution in [3.8, 4) is 6.07 Å². The molecule has 0 atom stereocenters. The topological polar surface area (TPSA) is 45.8 Å². The molecule has 0 unspecified atom stereocenters. The molecule has 0 spiro atoms. The first-order chi connectivity index (χ1) is 10.6. The van der Waals surface area contributed by atoms with Gasteiger partial charge in [0.05, 0.1) is 23.7 Å². The van der Waals surface area contributed by atoms with Crippen molar-refractivity contribution in [2.24, 2.45) is 0 Å². The highest BCUT2D eigenvalue weighted by Crippen LogP contribution is 2.23. The molecule has 0 aliphatic rings. The molecule has 1 aromatic heterocycles. The van der Waals surface area contributed by atoms with E-state index in [2.05, 4.69) is 15.9 Å². The minimum atomic E-state index is -0.488. The van der Waals surface area contributed by atoms with Crippen molar-refractivity contribution in [1.29, 1.82) is 5.26 Å². The second-order valence-electron chi connectivity index (χ2n) is 4.85. The summed E-state index contributed by atoms with van der Waals surface area (Å²) in [6.07, 6.45) is 0. The van der Waals surface area contributed by atoms with Crippen LogP contribution in [0.2, 0.25) is 0 Å². The molecule has 3 aromatic rings. The normalized spacial score (nSPS) is 10.6. The number of aromatic nitrogens is 1. The van der Waals surface area contributed by atoms with Gasteiger partial charge in [0.2, 0.25) is 0 Å². The number of nitrogens with zero attached hydrogens (tertiary/aromatic N) is 2. The molecule has 3 nitrogen and oxygen atoms in total. The summed E-state index contributed by atoms with van der Waals surface area (Å²) < 4.78 is 16.5. The molecular formula is C17H10BrFN2O. The van der Waals surface area contributed by atoms with Crippen LogP contribution in [0.5, 0.6) is 0 Å². The molecule has 0 saturated carbocycles. The van der Waals surface area contributed by atoms with Crippen molar-refractivity contribution in [2.75, 3.05) is 0 Å². The van der Waals surface area contributed by atoms with Crippen LogP contribution in [0, 0.1) is 17.1 Å². The Bertz CT molecular complexity index is 973. The standard InChI is InChI=1S/C17H10BrFN2O/c18-14-2-1-3-16-13(14)6-7-17(22)21(16)10-12-5-4-11(9-20)8-15(12)19/h1-8H,10H2. The summed E-state index contributed by atoms with van der Waals surface area (Å²) >= 11 is 3.45. The molecule has 0 fully saturated rings. The van der Waals surface area contributed by atoms with Crippen LogP contribution in [0.15, 0.2) is 57.8 Å². The third-order valence-corrected chi connectivity index (χ3v) is 4.18. The van der Waals surface area contributed by atoms with E-state index < -0.39 is 5.82 Å². The quantitative estimate of drug-likeness (QED) is 0.700. The van der Waals surface area contributed by atoms with Crippen molar-refractivity contribution < 1.29 is 4.39 Å². The Hall–Kier alpha value is -2.45. The van der Waals surface area contributed by atoms with Gasteiger partial charge in [-0.15, -0.1) is 0 Å². The largest absolute Gasteiger partial charge is 0.304 e. The molecule has 22 heavy (non-hydrogen) atoms. The molecule has 0 radical (unpaired) electrons. The summed E-state index contributed by atoms with van der Waals surface area (Å²) in [5.41, 5.74) is 1.16. The van der Waals surface area contributed by atoms with E-state index in [1.807, 2.05) is 24.3 Å². The maximum atomic E-state index is 14.1. The van der Waals surface area contributed by atoms with Gasteiger partial charge in [0.25, 0.3) is 5.56 Å². The highest BCUT2D eigenvalue weighted by atomic mass is 79.9. The van der Waals surface area contributed by atoms with Crippen LogP contribution in [0.4, 0.5) is 4.39 Å². The van der Waals surface area contributed by atoms with E-state index in [9.17, 15) is 9.18 Å². The third-order valence-electron chi connectivity index (χ3n) is 3.49. The highest BCUT2D eigenvalue weighted by Gasteiger charge is 2.09. The fraction of sp³-hybridized carbons (Fsp3) is 0.0588. The van der Waals surface area contributed by atoms with Crippen LogP contribution in [-0.2, 0) is 6.54 Å². The Morgan fingerprint density at radius 2 is 2.00 bits per heavy atom. The third kappa shape index (κ3) is 2.53. The van der Waals surface area contributed by atoms with Gasteiger partial charge in [0, 0.05) is 21.5 Å². The number of pyridine rings is 1. The van der Waals surface area contributed by atoms with Gasteiger partial charge < -0.3 is 4.57 Å². The molecule has 3 rings (SSSR count). The summed E-state index contributed by atoms with van der Waals surface area (Å²) in [5.74, 6) is -0.488. The molecule has 108 valence electrons. The zero-order valence-corrected chi connectivity index (χ0v) is 13.0. The molecule has 0 aliphatic heterocycles. The van der Waals surface area contributed by atoms with Gasteiger partial charge in [-0.25, -0.2) is 4.39 Å². The first-order valence-electron chi connectivity index (χ1n) is 6.57. The average Bonchev–Trinajstić information content (AvgIpc) is 2.51. The lowest BCUT2D eigenvalue weighted by Gasteiger charge is -2.11. The monoisotopic (exact) mass is 356 g/mol. The molecular weight excluding hydrogens is 347 g/mol. The Morgan fingerprint density at radius 1 is 1.18 bits per heavy atom. The first kappa shape index (κ1) is 14.5. The number of halogens is 2. The van der Waals surface area contributed by atoms with Gasteiger partial charge in [0.1, 0.15) is 5.82 Å². The van der Waals surface area contributed by atoms with Crippen LogP contribution in [0.1, 0.15) is 11.1 Å². The second kappa shape index (κ2) is 5.74. The van der Waals surface area contributed by atoms with Gasteiger partial charge >= 0.3 is 0 Å². The van der Waals surface area contributed by atoms with Crippen LogP contribution >= 0.6 is 15.9 Å². The number of hydrogen-bond donors (Lipinski definition) is 0. The predicted octanol–water partition coefficient (Wildman–Crippen LogP) is 3.82. The maximum Gasteiger partial charge on any atom is 0.251 e. The van der Waals surface area contributed by atoms with Crippen LogP contribution in [0.3, 0.4) is 0 Å². The molecule has 0 N–H and O–H groups in total. The van der Waals surface area contributed by atoms with Gasteiger partial charge in [0.15, 0.2) is 0 Å². The smallest absolute Gasteiger partial charge is 0.251 e. The van der Waals surface area contributed by atoms with E-state index in [4.69, 9.17) is 5.26 Å². The number of fused-ring (bicyclic) bond motifs is 1. The lowest BCUT2D eigenvalue weighted by Crippen LogP contribution is -2.20. The Morgan fingerprint density at radius 3 is 2.73 bits per heavy atom. The van der Waals surface area contributed by atoms with Crippen LogP contribution < -0.4 is 5.56 Å². The number of hydrogen-bond acceptors (Lipinski definition) is 2. The Labute approximate surface area is 134 Å². The van der Waals surface area contributed by atoms with E-state index in [1.165, 1.54) is 22.8 Å². The zero-order chi connectivity index (χ0) is 15.7. The summed E-state index contributed by atoms with van der Waals surface area (Å²) in [5, 5.41) is 9.67.